The van der Waals surface area contributed by atoms with Crippen molar-refractivity contribution in [2.75, 3.05) is 13.1 Å². The first-order valence-electron chi connectivity index (χ1n) is 9.16. The maximum atomic E-state index is 13.5. The van der Waals surface area contributed by atoms with Crippen molar-refractivity contribution in [2.45, 2.75) is 6.04 Å². The quantitative estimate of drug-likeness (QED) is 0.449. The maximum Gasteiger partial charge on any atom is 0.168 e. The van der Waals surface area contributed by atoms with E-state index in [1.165, 1.54) is 6.07 Å². The minimum Gasteiger partial charge on any atom is -0.294 e. The monoisotopic (exact) mass is 431 g/mol. The van der Waals surface area contributed by atoms with Crippen LogP contribution < -0.4 is 0 Å². The number of Topliss-reactive ketones (excluding diaryl/α,β-unsaturated/α-hetero) is 1. The van der Waals surface area contributed by atoms with E-state index in [-0.39, 0.29) is 23.3 Å². The predicted molar refractivity (Wildman–Crippen MR) is 110 cm³/mol. The lowest BCUT2D eigenvalue weighted by atomic mass is 9.86. The molecule has 0 N–H and O–H groups in total. The number of hydrogen-bond acceptors (Lipinski definition) is 2. The second-order valence-corrected chi connectivity index (χ2v) is 8.02. The van der Waals surface area contributed by atoms with Crippen LogP contribution in [-0.2, 0) is 0 Å². The Kier molecular flexibility index (Phi) is 5.68. The lowest BCUT2D eigenvalue weighted by Crippen LogP contribution is -2.52. The number of carbonyl (C=O) groups is 1. The van der Waals surface area contributed by atoms with Gasteiger partial charge in [-0.2, -0.15) is 0 Å². The highest BCUT2D eigenvalue weighted by atomic mass is 35.5. The van der Waals surface area contributed by atoms with Gasteiger partial charge in [0.25, 0.3) is 0 Å². The van der Waals surface area contributed by atoms with Gasteiger partial charge < -0.3 is 0 Å². The fourth-order valence-electron chi connectivity index (χ4n) is 3.68. The Morgan fingerprint density at radius 1 is 0.828 bits per heavy atom. The Morgan fingerprint density at radius 2 is 1.34 bits per heavy atom. The molecule has 0 saturated carbocycles. The summed E-state index contributed by atoms with van der Waals surface area (Å²) < 4.78 is 26.6. The third kappa shape index (κ3) is 4.20. The molecule has 1 heterocycles. The van der Waals surface area contributed by atoms with Crippen molar-refractivity contribution < 1.29 is 13.6 Å². The van der Waals surface area contributed by atoms with Crippen LogP contribution >= 0.6 is 23.2 Å². The molecule has 0 radical (unpaired) electrons. The summed E-state index contributed by atoms with van der Waals surface area (Å²) in [4.78, 5) is 14.8. The fourth-order valence-corrected chi connectivity index (χ4v) is 3.93. The molecule has 0 aliphatic carbocycles. The van der Waals surface area contributed by atoms with Gasteiger partial charge in [0, 0.05) is 34.6 Å². The molecule has 0 aromatic heterocycles. The molecule has 0 unspecified atom stereocenters. The SMILES string of the molecule is O=C(c1ccc(F)c(F)c1)C1CN(C(c2ccc(Cl)cc2)c2ccc(Cl)cc2)C1. The predicted octanol–water partition coefficient (Wildman–Crippen LogP) is 6.18. The van der Waals surface area contributed by atoms with Gasteiger partial charge in [0.05, 0.1) is 6.04 Å². The lowest BCUT2D eigenvalue weighted by molar-refractivity contribution is 0.0503. The summed E-state index contributed by atoms with van der Waals surface area (Å²) in [6.07, 6.45) is 0. The summed E-state index contributed by atoms with van der Waals surface area (Å²) in [5, 5.41) is 1.30. The average molecular weight is 432 g/mol. The highest BCUT2D eigenvalue weighted by Crippen LogP contribution is 2.36. The molecule has 148 valence electrons. The molecular weight excluding hydrogens is 415 g/mol. The van der Waals surface area contributed by atoms with Gasteiger partial charge in [-0.05, 0) is 53.6 Å². The zero-order chi connectivity index (χ0) is 20.5. The number of ketones is 1. The van der Waals surface area contributed by atoms with Crippen LogP contribution in [0.2, 0.25) is 10.0 Å². The zero-order valence-corrected chi connectivity index (χ0v) is 16.8. The average Bonchev–Trinajstić information content (AvgIpc) is 2.68. The minimum absolute atomic E-state index is 0.0569. The molecule has 0 bridgehead atoms. The summed E-state index contributed by atoms with van der Waals surface area (Å²) in [7, 11) is 0. The third-order valence-electron chi connectivity index (χ3n) is 5.22. The molecule has 1 aliphatic heterocycles. The van der Waals surface area contributed by atoms with Crippen LogP contribution in [0.5, 0.6) is 0 Å². The lowest BCUT2D eigenvalue weighted by Gasteiger charge is -2.44. The Hall–Kier alpha value is -2.27. The summed E-state index contributed by atoms with van der Waals surface area (Å²) in [6, 6.07) is 18.4. The molecule has 4 rings (SSSR count). The normalized spacial score (nSPS) is 14.8. The first kappa shape index (κ1) is 20.0. The van der Waals surface area contributed by atoms with E-state index in [1.807, 2.05) is 48.5 Å². The van der Waals surface area contributed by atoms with Crippen LogP contribution in [0, 0.1) is 17.6 Å². The summed E-state index contributed by atoms with van der Waals surface area (Å²) in [6.45, 7) is 1.04. The van der Waals surface area contributed by atoms with Crippen LogP contribution in [0.3, 0.4) is 0 Å². The minimum atomic E-state index is -1.01. The molecule has 3 aromatic carbocycles. The van der Waals surface area contributed by atoms with E-state index >= 15 is 0 Å². The van der Waals surface area contributed by atoms with Gasteiger partial charge in [0.1, 0.15) is 0 Å². The first-order chi connectivity index (χ1) is 13.9. The number of hydrogen-bond donors (Lipinski definition) is 0. The van der Waals surface area contributed by atoms with Gasteiger partial charge >= 0.3 is 0 Å². The molecule has 6 heteroatoms. The largest absolute Gasteiger partial charge is 0.294 e. The molecule has 29 heavy (non-hydrogen) atoms. The number of halogens is 4. The molecule has 1 saturated heterocycles. The number of carbonyl (C=O) groups excluding carboxylic acids is 1. The van der Waals surface area contributed by atoms with Crippen LogP contribution in [0.1, 0.15) is 27.5 Å². The van der Waals surface area contributed by atoms with Crippen LogP contribution in [0.25, 0.3) is 0 Å². The fraction of sp³-hybridized carbons (Fsp3) is 0.174. The van der Waals surface area contributed by atoms with Crippen molar-refractivity contribution >= 4 is 29.0 Å². The molecule has 1 fully saturated rings. The molecule has 2 nitrogen and oxygen atoms in total. The van der Waals surface area contributed by atoms with Gasteiger partial charge in [-0.1, -0.05) is 47.5 Å². The molecule has 0 spiro atoms. The van der Waals surface area contributed by atoms with Crippen LogP contribution in [0.15, 0.2) is 66.7 Å². The van der Waals surface area contributed by atoms with Gasteiger partial charge in [-0.15, -0.1) is 0 Å². The smallest absolute Gasteiger partial charge is 0.168 e. The number of rotatable bonds is 5. The summed E-state index contributed by atoms with van der Waals surface area (Å²) in [5.41, 5.74) is 2.30. The molecular formula is C23H17Cl2F2NO. The maximum absolute atomic E-state index is 13.5. The second kappa shape index (κ2) is 8.23. The van der Waals surface area contributed by atoms with Crippen molar-refractivity contribution in [3.05, 3.63) is 105 Å². The molecule has 3 aromatic rings. The summed E-state index contributed by atoms with van der Waals surface area (Å²) in [5.74, 6) is -2.40. The van der Waals surface area contributed by atoms with Gasteiger partial charge in [-0.25, -0.2) is 8.78 Å². The standard InChI is InChI=1S/C23H17Cl2F2NO/c24-18-6-1-14(2-7-18)22(15-3-8-19(25)9-4-15)28-12-17(13-28)23(29)16-5-10-20(26)21(27)11-16/h1-11,17,22H,12-13H2. The number of nitrogens with zero attached hydrogens (tertiary/aromatic N) is 1. The molecule has 0 atom stereocenters. The van der Waals surface area contributed by atoms with Gasteiger partial charge in [0.15, 0.2) is 17.4 Å². The Bertz CT molecular complexity index is 986. The van der Waals surface area contributed by atoms with Crippen molar-refractivity contribution in [1.82, 2.24) is 4.90 Å². The Labute approximate surface area is 177 Å². The van der Waals surface area contributed by atoms with Gasteiger partial charge in [0.2, 0.25) is 0 Å². The van der Waals surface area contributed by atoms with Crippen molar-refractivity contribution in [3.63, 3.8) is 0 Å². The first-order valence-corrected chi connectivity index (χ1v) is 9.92. The highest BCUT2D eigenvalue weighted by Gasteiger charge is 2.38. The van der Waals surface area contributed by atoms with Crippen LogP contribution in [-0.4, -0.2) is 23.8 Å². The Morgan fingerprint density at radius 3 is 1.83 bits per heavy atom. The van der Waals surface area contributed by atoms with E-state index in [4.69, 9.17) is 23.2 Å². The summed E-state index contributed by atoms with van der Waals surface area (Å²) >= 11 is 12.1. The van der Waals surface area contributed by atoms with Crippen LogP contribution in [0.4, 0.5) is 8.78 Å². The van der Waals surface area contributed by atoms with Crippen molar-refractivity contribution in [1.29, 1.82) is 0 Å². The second-order valence-electron chi connectivity index (χ2n) is 7.15. The van der Waals surface area contributed by atoms with E-state index < -0.39 is 11.6 Å². The van der Waals surface area contributed by atoms with Gasteiger partial charge in [-0.3, -0.25) is 9.69 Å². The Balaban J connectivity index is 1.55. The third-order valence-corrected chi connectivity index (χ3v) is 5.73. The van der Waals surface area contributed by atoms with E-state index in [0.29, 0.717) is 23.1 Å². The molecule has 0 amide bonds. The highest BCUT2D eigenvalue weighted by molar-refractivity contribution is 6.30. The van der Waals surface area contributed by atoms with E-state index in [0.717, 1.165) is 23.3 Å². The van der Waals surface area contributed by atoms with Crippen molar-refractivity contribution in [3.8, 4) is 0 Å². The zero-order valence-electron chi connectivity index (χ0n) is 15.3. The van der Waals surface area contributed by atoms with Crippen molar-refractivity contribution in [2.24, 2.45) is 5.92 Å². The molecule has 1 aliphatic rings. The topological polar surface area (TPSA) is 20.3 Å². The van der Waals surface area contributed by atoms with E-state index in [2.05, 4.69) is 4.90 Å². The van der Waals surface area contributed by atoms with E-state index in [9.17, 15) is 13.6 Å². The van der Waals surface area contributed by atoms with E-state index in [1.54, 1.807) is 0 Å². The number of benzene rings is 3. The number of likely N-dealkylation sites (tertiary alicyclic amines) is 1.